The van der Waals surface area contributed by atoms with Gasteiger partial charge in [-0.25, -0.2) is 8.78 Å². The molecule has 2 aromatic heterocycles. The Morgan fingerprint density at radius 3 is 2.50 bits per heavy atom. The van der Waals surface area contributed by atoms with Crippen LogP contribution in [0.1, 0.15) is 51.0 Å². The molecule has 8 heteroatoms. The number of pyridine rings is 2. The van der Waals surface area contributed by atoms with E-state index in [4.69, 9.17) is 17.3 Å². The van der Waals surface area contributed by atoms with Gasteiger partial charge in [0.1, 0.15) is 16.7 Å². The van der Waals surface area contributed by atoms with E-state index in [0.717, 1.165) is 17.5 Å². The highest BCUT2D eigenvalue weighted by molar-refractivity contribution is 6.31. The number of halogens is 3. The second kappa shape index (κ2) is 8.99. The van der Waals surface area contributed by atoms with Gasteiger partial charge in [-0.2, -0.15) is 0 Å². The van der Waals surface area contributed by atoms with Gasteiger partial charge in [-0.15, -0.1) is 0 Å². The van der Waals surface area contributed by atoms with Crippen molar-refractivity contribution in [1.29, 1.82) is 0 Å². The number of nitrogens with two attached hydrogens (primary N) is 1. The zero-order valence-corrected chi connectivity index (χ0v) is 20.3. The molecule has 0 spiro atoms. The fourth-order valence-electron chi connectivity index (χ4n) is 4.74. The van der Waals surface area contributed by atoms with Crippen molar-refractivity contribution in [2.24, 2.45) is 5.73 Å². The first-order valence-electron chi connectivity index (χ1n) is 11.4. The standard InChI is InChI=1S/C28H22ClF2N3O2/c1-14-13-33-23(18-4-3-5-19(26(18)31)27(32)35)12-24(14)34-15(2)10-22(25(29)28(34)36)21-11-20(21)16-6-8-17(30)9-7-16/h3-10,12-13,20-21H,11H2,1-2H3,(H2,32,35)/t20-,21+/m1/s1. The number of carbonyl (C=O) groups is 1. The lowest BCUT2D eigenvalue weighted by Gasteiger charge is -2.17. The van der Waals surface area contributed by atoms with E-state index in [0.29, 0.717) is 16.9 Å². The maximum absolute atomic E-state index is 15.0. The lowest BCUT2D eigenvalue weighted by Crippen LogP contribution is -2.23. The van der Waals surface area contributed by atoms with Gasteiger partial charge in [-0.1, -0.05) is 29.8 Å². The maximum Gasteiger partial charge on any atom is 0.274 e. The molecule has 1 aliphatic carbocycles. The minimum Gasteiger partial charge on any atom is -0.366 e. The van der Waals surface area contributed by atoms with Crippen molar-refractivity contribution in [2.45, 2.75) is 32.1 Å². The molecule has 5 nitrogen and oxygen atoms in total. The number of hydrogen-bond donors (Lipinski definition) is 1. The SMILES string of the molecule is Cc1cnc(-c2cccc(C(N)=O)c2F)cc1-n1c(C)cc([C@H]2C[C@@H]2c2ccc(F)cc2)c(Cl)c1=O. The summed E-state index contributed by atoms with van der Waals surface area (Å²) >= 11 is 6.60. The second-order valence-electron chi connectivity index (χ2n) is 9.08. The van der Waals surface area contributed by atoms with Crippen molar-refractivity contribution < 1.29 is 13.6 Å². The number of amides is 1. The van der Waals surface area contributed by atoms with Crippen molar-refractivity contribution in [3.05, 3.63) is 116 Å². The summed E-state index contributed by atoms with van der Waals surface area (Å²) in [6.07, 6.45) is 2.36. The number of rotatable bonds is 5. The zero-order chi connectivity index (χ0) is 25.7. The van der Waals surface area contributed by atoms with Gasteiger partial charge < -0.3 is 5.73 Å². The Balaban J connectivity index is 1.56. The summed E-state index contributed by atoms with van der Waals surface area (Å²) in [5, 5.41) is 0.120. The minimum atomic E-state index is -0.880. The molecule has 2 heterocycles. The van der Waals surface area contributed by atoms with Crippen molar-refractivity contribution in [3.63, 3.8) is 0 Å². The third-order valence-corrected chi connectivity index (χ3v) is 7.09. The van der Waals surface area contributed by atoms with E-state index in [1.165, 1.54) is 34.9 Å². The monoisotopic (exact) mass is 505 g/mol. The molecular formula is C28H22ClF2N3O2. The van der Waals surface area contributed by atoms with Gasteiger partial charge in [-0.3, -0.25) is 19.1 Å². The molecule has 4 aromatic rings. The molecule has 36 heavy (non-hydrogen) atoms. The van der Waals surface area contributed by atoms with E-state index in [2.05, 4.69) is 4.98 Å². The van der Waals surface area contributed by atoms with Crippen molar-refractivity contribution >= 4 is 17.5 Å². The van der Waals surface area contributed by atoms with E-state index in [9.17, 15) is 18.4 Å². The van der Waals surface area contributed by atoms with E-state index in [1.54, 1.807) is 31.3 Å². The van der Waals surface area contributed by atoms with Crippen LogP contribution in [-0.4, -0.2) is 15.5 Å². The highest BCUT2D eigenvalue weighted by Crippen LogP contribution is 2.55. The lowest BCUT2D eigenvalue weighted by molar-refractivity contribution is 0.0996. The van der Waals surface area contributed by atoms with Gasteiger partial charge in [0.15, 0.2) is 0 Å². The molecule has 1 fully saturated rings. The van der Waals surface area contributed by atoms with Crippen molar-refractivity contribution in [1.82, 2.24) is 9.55 Å². The predicted octanol–water partition coefficient (Wildman–Crippen LogP) is 5.82. The zero-order valence-electron chi connectivity index (χ0n) is 19.6. The van der Waals surface area contributed by atoms with Gasteiger partial charge in [0, 0.05) is 17.5 Å². The molecule has 182 valence electrons. The lowest BCUT2D eigenvalue weighted by atomic mass is 10.0. The summed E-state index contributed by atoms with van der Waals surface area (Å²) in [5.74, 6) is -1.70. The number of nitrogens with zero attached hydrogens (tertiary/aromatic N) is 2. The Labute approximate surface area is 211 Å². The molecular weight excluding hydrogens is 484 g/mol. The molecule has 1 aliphatic rings. The van der Waals surface area contributed by atoms with Crippen LogP contribution in [0.2, 0.25) is 5.02 Å². The van der Waals surface area contributed by atoms with Crippen LogP contribution in [0.25, 0.3) is 16.9 Å². The summed E-state index contributed by atoms with van der Waals surface area (Å²) in [4.78, 5) is 29.4. The molecule has 5 rings (SSSR count). The van der Waals surface area contributed by atoms with Crippen LogP contribution in [0, 0.1) is 25.5 Å². The fourth-order valence-corrected chi connectivity index (χ4v) is 5.02. The van der Waals surface area contributed by atoms with Gasteiger partial charge in [0.25, 0.3) is 11.5 Å². The second-order valence-corrected chi connectivity index (χ2v) is 9.46. The molecule has 0 aliphatic heterocycles. The number of aromatic nitrogens is 2. The smallest absolute Gasteiger partial charge is 0.274 e. The Kier molecular flexibility index (Phi) is 5.96. The molecule has 1 saturated carbocycles. The maximum atomic E-state index is 15.0. The van der Waals surface area contributed by atoms with Crippen LogP contribution in [0.4, 0.5) is 8.78 Å². The normalized spacial score (nSPS) is 16.7. The molecule has 0 bridgehead atoms. The minimum absolute atomic E-state index is 0.0729. The quantitative estimate of drug-likeness (QED) is 0.371. The third kappa shape index (κ3) is 4.09. The molecule has 2 N–H and O–H groups in total. The summed E-state index contributed by atoms with van der Waals surface area (Å²) in [6.45, 7) is 3.60. The Hall–Kier alpha value is -3.84. The Bertz CT molecular complexity index is 1580. The molecule has 1 amide bonds. The molecule has 0 unspecified atom stereocenters. The number of primary amides is 1. The number of hydrogen-bond acceptors (Lipinski definition) is 3. The summed E-state index contributed by atoms with van der Waals surface area (Å²) in [5.41, 5.74) is 8.64. The number of aryl methyl sites for hydroxylation is 2. The molecule has 0 radical (unpaired) electrons. The van der Waals surface area contributed by atoms with E-state index in [-0.39, 0.29) is 45.1 Å². The van der Waals surface area contributed by atoms with Crippen LogP contribution in [-0.2, 0) is 0 Å². The molecule has 2 atom stereocenters. The molecule has 2 aromatic carbocycles. The van der Waals surface area contributed by atoms with Crippen LogP contribution in [0.15, 0.2) is 65.6 Å². The Morgan fingerprint density at radius 2 is 1.81 bits per heavy atom. The first-order chi connectivity index (χ1) is 17.2. The van der Waals surface area contributed by atoms with Gasteiger partial charge in [-0.05, 0) is 85.2 Å². The fraction of sp³-hybridized carbons (Fsp3) is 0.179. The van der Waals surface area contributed by atoms with Gasteiger partial charge in [0.2, 0.25) is 0 Å². The highest BCUT2D eigenvalue weighted by atomic mass is 35.5. The first kappa shape index (κ1) is 23.9. The van der Waals surface area contributed by atoms with Crippen LogP contribution in [0.5, 0.6) is 0 Å². The Morgan fingerprint density at radius 1 is 1.08 bits per heavy atom. The highest BCUT2D eigenvalue weighted by Gasteiger charge is 2.41. The largest absolute Gasteiger partial charge is 0.366 e. The van der Waals surface area contributed by atoms with Crippen molar-refractivity contribution in [3.8, 4) is 16.9 Å². The summed E-state index contributed by atoms with van der Waals surface area (Å²) in [7, 11) is 0. The van der Waals surface area contributed by atoms with Gasteiger partial charge in [0.05, 0.1) is 16.9 Å². The molecule has 0 saturated heterocycles. The average Bonchev–Trinajstić information content (AvgIpc) is 3.64. The van der Waals surface area contributed by atoms with E-state index < -0.39 is 11.7 Å². The average molecular weight is 506 g/mol. The number of carbonyl (C=O) groups excluding carboxylic acids is 1. The predicted molar refractivity (Wildman–Crippen MR) is 135 cm³/mol. The third-order valence-electron chi connectivity index (χ3n) is 6.71. The first-order valence-corrected chi connectivity index (χ1v) is 11.8. The van der Waals surface area contributed by atoms with Crippen LogP contribution >= 0.6 is 11.6 Å². The van der Waals surface area contributed by atoms with E-state index >= 15 is 0 Å². The van der Waals surface area contributed by atoms with Crippen LogP contribution in [0.3, 0.4) is 0 Å². The van der Waals surface area contributed by atoms with Gasteiger partial charge >= 0.3 is 0 Å². The van der Waals surface area contributed by atoms with E-state index in [1.807, 2.05) is 13.0 Å². The van der Waals surface area contributed by atoms with Crippen molar-refractivity contribution in [2.75, 3.05) is 0 Å². The topological polar surface area (TPSA) is 78.0 Å². The summed E-state index contributed by atoms with van der Waals surface area (Å²) < 4.78 is 29.7. The summed E-state index contributed by atoms with van der Waals surface area (Å²) in [6, 6.07) is 14.2. The number of benzene rings is 2. The van der Waals surface area contributed by atoms with Crippen LogP contribution < -0.4 is 11.3 Å².